The van der Waals surface area contributed by atoms with Gasteiger partial charge in [0.2, 0.25) is 0 Å². The molecule has 5 nitrogen and oxygen atoms in total. The highest BCUT2D eigenvalue weighted by atomic mass is 32.1. The van der Waals surface area contributed by atoms with Crippen LogP contribution in [0.3, 0.4) is 0 Å². The Bertz CT molecular complexity index is 1190. The Kier molecular flexibility index (Phi) is 7.09. The largest absolute Gasteiger partial charge is 0.492 e. The normalized spacial score (nSPS) is 17.0. The van der Waals surface area contributed by atoms with Gasteiger partial charge in [-0.05, 0) is 73.7 Å². The summed E-state index contributed by atoms with van der Waals surface area (Å²) in [6, 6.07) is 26.4. The van der Waals surface area contributed by atoms with Gasteiger partial charge in [0.1, 0.15) is 12.4 Å². The molecule has 0 amide bonds. The number of ether oxygens (including phenoxy) is 1. The van der Waals surface area contributed by atoms with Crippen LogP contribution in [0.15, 0.2) is 78.9 Å². The van der Waals surface area contributed by atoms with Gasteiger partial charge in [0.05, 0.1) is 22.4 Å². The van der Waals surface area contributed by atoms with E-state index in [1.165, 1.54) is 16.9 Å². The van der Waals surface area contributed by atoms with Crippen molar-refractivity contribution in [3.63, 3.8) is 0 Å². The van der Waals surface area contributed by atoms with Crippen LogP contribution in [0.1, 0.15) is 30.1 Å². The van der Waals surface area contributed by atoms with E-state index in [0.29, 0.717) is 17.7 Å². The third kappa shape index (κ3) is 5.41. The van der Waals surface area contributed by atoms with E-state index in [0.717, 1.165) is 53.9 Å². The van der Waals surface area contributed by atoms with Gasteiger partial charge < -0.3 is 15.6 Å². The number of aliphatic hydroxyl groups is 1. The zero-order valence-electron chi connectivity index (χ0n) is 19.2. The molecule has 0 radical (unpaired) electrons. The Morgan fingerprint density at radius 1 is 1.00 bits per heavy atom. The van der Waals surface area contributed by atoms with Crippen molar-refractivity contribution in [1.82, 2.24) is 9.88 Å². The Balaban J connectivity index is 1.31. The van der Waals surface area contributed by atoms with Crippen LogP contribution in [0.5, 0.6) is 5.75 Å². The van der Waals surface area contributed by atoms with Crippen LogP contribution in [-0.2, 0) is 6.42 Å². The predicted octanol–water partition coefficient (Wildman–Crippen LogP) is 5.31. The van der Waals surface area contributed by atoms with Crippen LogP contribution in [0.4, 0.5) is 5.13 Å². The first kappa shape index (κ1) is 22.8. The lowest BCUT2D eigenvalue weighted by molar-refractivity contribution is 0.00422. The van der Waals surface area contributed by atoms with E-state index in [1.807, 2.05) is 48.5 Å². The number of piperidine rings is 1. The highest BCUT2D eigenvalue weighted by molar-refractivity contribution is 7.22. The van der Waals surface area contributed by atoms with Gasteiger partial charge in [-0.15, -0.1) is 0 Å². The molecule has 1 fully saturated rings. The monoisotopic (exact) mass is 473 g/mol. The molecule has 176 valence electrons. The molecule has 1 saturated heterocycles. The minimum atomic E-state index is -0.665. The summed E-state index contributed by atoms with van der Waals surface area (Å²) in [7, 11) is 0. The second-order valence-electron chi connectivity index (χ2n) is 9.08. The number of nitrogens with two attached hydrogens (primary N) is 1. The van der Waals surface area contributed by atoms with Crippen molar-refractivity contribution in [2.75, 3.05) is 25.4 Å². The molecule has 2 unspecified atom stereocenters. The molecule has 3 aromatic carbocycles. The summed E-state index contributed by atoms with van der Waals surface area (Å²) in [4.78, 5) is 6.75. The lowest BCUT2D eigenvalue weighted by atomic mass is 9.88. The second-order valence-corrected chi connectivity index (χ2v) is 10.1. The van der Waals surface area contributed by atoms with Crippen molar-refractivity contribution in [2.24, 2.45) is 5.92 Å². The third-order valence-corrected chi connectivity index (χ3v) is 7.63. The number of likely N-dealkylation sites (tertiary alicyclic amines) is 1. The fourth-order valence-electron chi connectivity index (χ4n) is 4.90. The number of benzene rings is 3. The van der Waals surface area contributed by atoms with Crippen molar-refractivity contribution >= 4 is 26.7 Å². The van der Waals surface area contributed by atoms with E-state index in [4.69, 9.17) is 10.5 Å². The molecule has 5 rings (SSSR count). The molecule has 2 heterocycles. The molecular weight excluding hydrogens is 442 g/mol. The summed E-state index contributed by atoms with van der Waals surface area (Å²) in [5, 5.41) is 12.1. The summed E-state index contributed by atoms with van der Waals surface area (Å²) >= 11 is 1.45. The minimum Gasteiger partial charge on any atom is -0.492 e. The van der Waals surface area contributed by atoms with Crippen LogP contribution in [0.2, 0.25) is 0 Å². The number of nitrogens with zero attached hydrogens (tertiary/aromatic N) is 2. The van der Waals surface area contributed by atoms with Crippen molar-refractivity contribution in [3.8, 4) is 5.75 Å². The van der Waals surface area contributed by atoms with Gasteiger partial charge in [0, 0.05) is 0 Å². The maximum absolute atomic E-state index is 11.5. The first-order chi connectivity index (χ1) is 16.7. The maximum Gasteiger partial charge on any atom is 0.181 e. The van der Waals surface area contributed by atoms with E-state index in [9.17, 15) is 5.11 Å². The summed E-state index contributed by atoms with van der Waals surface area (Å²) in [5.41, 5.74) is 9.05. The number of fused-ring (bicyclic) bond motifs is 1. The molecule has 0 spiro atoms. The molecule has 0 saturated carbocycles. The molecule has 0 bridgehead atoms. The summed E-state index contributed by atoms with van der Waals surface area (Å²) in [6.07, 6.45) is 2.69. The SMILES string of the molecule is Nc1nc2ccc(C(O)C(COc3ccccc3)N3CCC(Cc4ccccc4)CC3)cc2s1. The van der Waals surface area contributed by atoms with E-state index < -0.39 is 6.10 Å². The third-order valence-electron chi connectivity index (χ3n) is 6.78. The smallest absolute Gasteiger partial charge is 0.181 e. The minimum absolute atomic E-state index is 0.138. The Labute approximate surface area is 204 Å². The zero-order chi connectivity index (χ0) is 23.3. The van der Waals surface area contributed by atoms with Crippen molar-refractivity contribution in [2.45, 2.75) is 31.4 Å². The van der Waals surface area contributed by atoms with Crippen LogP contribution >= 0.6 is 11.3 Å². The quantitative estimate of drug-likeness (QED) is 0.363. The van der Waals surface area contributed by atoms with Gasteiger partial charge in [0.25, 0.3) is 0 Å². The number of hydrogen-bond acceptors (Lipinski definition) is 6. The van der Waals surface area contributed by atoms with Gasteiger partial charge in [-0.25, -0.2) is 4.98 Å². The highest BCUT2D eigenvalue weighted by Gasteiger charge is 2.31. The fourth-order valence-corrected chi connectivity index (χ4v) is 5.68. The molecule has 34 heavy (non-hydrogen) atoms. The van der Waals surface area contributed by atoms with Gasteiger partial charge in [-0.3, -0.25) is 4.90 Å². The maximum atomic E-state index is 11.5. The fraction of sp³-hybridized carbons (Fsp3) is 0.321. The Morgan fingerprint density at radius 3 is 2.44 bits per heavy atom. The molecule has 6 heteroatoms. The molecule has 3 N–H and O–H groups in total. The molecule has 4 aromatic rings. The van der Waals surface area contributed by atoms with Crippen molar-refractivity contribution in [1.29, 1.82) is 0 Å². The first-order valence-electron chi connectivity index (χ1n) is 12.0. The van der Waals surface area contributed by atoms with Crippen LogP contribution in [-0.4, -0.2) is 40.7 Å². The number of nitrogen functional groups attached to an aromatic ring is 1. The number of anilines is 1. The van der Waals surface area contributed by atoms with Gasteiger partial charge in [-0.2, -0.15) is 0 Å². The lowest BCUT2D eigenvalue weighted by Crippen LogP contribution is -2.47. The topological polar surface area (TPSA) is 71.6 Å². The van der Waals surface area contributed by atoms with Crippen LogP contribution < -0.4 is 10.5 Å². The number of rotatable bonds is 8. The van der Waals surface area contributed by atoms with Crippen molar-refractivity contribution in [3.05, 3.63) is 90.0 Å². The van der Waals surface area contributed by atoms with Gasteiger partial charge >= 0.3 is 0 Å². The van der Waals surface area contributed by atoms with E-state index >= 15 is 0 Å². The Hall–Kier alpha value is -2.93. The standard InChI is InChI=1S/C28H31N3O2S/c29-28-30-24-12-11-22(18-26(24)34-28)27(32)25(19-33-23-9-5-2-6-10-23)31-15-13-21(14-16-31)17-20-7-3-1-4-8-20/h1-12,18,21,25,27,32H,13-17,19H2,(H2,29,30). The number of thiazole rings is 1. The molecule has 1 aliphatic rings. The van der Waals surface area contributed by atoms with E-state index in [-0.39, 0.29) is 6.04 Å². The van der Waals surface area contributed by atoms with Gasteiger partial charge in [0.15, 0.2) is 5.13 Å². The summed E-state index contributed by atoms with van der Waals surface area (Å²) < 4.78 is 7.15. The second kappa shape index (κ2) is 10.6. The number of hydrogen-bond donors (Lipinski definition) is 2. The number of para-hydroxylation sites is 1. The lowest BCUT2D eigenvalue weighted by Gasteiger charge is -2.39. The predicted molar refractivity (Wildman–Crippen MR) is 139 cm³/mol. The van der Waals surface area contributed by atoms with Gasteiger partial charge in [-0.1, -0.05) is 65.9 Å². The number of aromatic nitrogens is 1. The highest BCUT2D eigenvalue weighted by Crippen LogP contribution is 2.31. The molecule has 2 atom stereocenters. The average molecular weight is 474 g/mol. The zero-order valence-corrected chi connectivity index (χ0v) is 20.0. The summed E-state index contributed by atoms with van der Waals surface area (Å²) in [5.74, 6) is 1.49. The van der Waals surface area contributed by atoms with Crippen LogP contribution in [0.25, 0.3) is 10.2 Å². The average Bonchev–Trinajstić information content (AvgIpc) is 3.25. The molecule has 1 aliphatic heterocycles. The summed E-state index contributed by atoms with van der Waals surface area (Å²) in [6.45, 7) is 2.33. The molecular formula is C28H31N3O2S. The number of aliphatic hydroxyl groups excluding tert-OH is 1. The van der Waals surface area contributed by atoms with E-state index in [1.54, 1.807) is 0 Å². The molecule has 1 aromatic heterocycles. The van der Waals surface area contributed by atoms with E-state index in [2.05, 4.69) is 40.2 Å². The first-order valence-corrected chi connectivity index (χ1v) is 12.8. The van der Waals surface area contributed by atoms with Crippen LogP contribution in [0, 0.1) is 5.92 Å². The Morgan fingerprint density at radius 2 is 1.71 bits per heavy atom. The van der Waals surface area contributed by atoms with Crippen molar-refractivity contribution < 1.29 is 9.84 Å². The molecule has 0 aliphatic carbocycles.